The van der Waals surface area contributed by atoms with Crippen LogP contribution in [0.25, 0.3) is 0 Å². The second kappa shape index (κ2) is 4.05. The van der Waals surface area contributed by atoms with Crippen molar-refractivity contribution in [1.29, 1.82) is 0 Å². The molecule has 1 rings (SSSR count). The van der Waals surface area contributed by atoms with Crippen LogP contribution in [0.15, 0.2) is 18.2 Å². The van der Waals surface area contributed by atoms with E-state index in [1.807, 2.05) is 4.72 Å². The second-order valence-electron chi connectivity index (χ2n) is 2.71. The molecule has 0 spiro atoms. The fraction of sp³-hybridized carbons (Fsp3) is 0. The summed E-state index contributed by atoms with van der Waals surface area (Å²) in [6.45, 7) is 0. The van der Waals surface area contributed by atoms with Gasteiger partial charge in [-0.2, -0.15) is 8.42 Å². The molecule has 0 aliphatic heterocycles. The minimum Gasteiger partial charge on any atom is -0.366 e. The molecule has 0 heterocycles. The highest BCUT2D eigenvalue weighted by atomic mass is 35.5. The van der Waals surface area contributed by atoms with E-state index >= 15 is 0 Å². The molecule has 0 aromatic heterocycles. The topological polar surface area (TPSA) is 115 Å². The third kappa shape index (κ3) is 3.39. The van der Waals surface area contributed by atoms with Crippen molar-refractivity contribution in [1.82, 2.24) is 0 Å². The van der Waals surface area contributed by atoms with Crippen molar-refractivity contribution in [2.24, 2.45) is 10.9 Å². The Hall–Kier alpha value is -1.31. The molecule has 82 valence electrons. The van der Waals surface area contributed by atoms with Gasteiger partial charge in [0.25, 0.3) is 10.2 Å². The molecule has 5 N–H and O–H groups in total. The Morgan fingerprint density at radius 3 is 2.47 bits per heavy atom. The maximum absolute atomic E-state index is 10.9. The Balaban J connectivity index is 3.14. The molecule has 0 saturated heterocycles. The van der Waals surface area contributed by atoms with Gasteiger partial charge in [-0.1, -0.05) is 11.6 Å². The molecule has 1 aromatic rings. The maximum atomic E-state index is 10.9. The highest BCUT2D eigenvalue weighted by Gasteiger charge is 2.09. The number of primary amides is 1. The summed E-state index contributed by atoms with van der Waals surface area (Å²) in [6.07, 6.45) is 0. The van der Waals surface area contributed by atoms with Gasteiger partial charge in [-0.3, -0.25) is 9.52 Å². The molecular formula is C7H8ClN3O3S. The fourth-order valence-corrected chi connectivity index (χ4v) is 1.61. The number of carbonyl (C=O) groups excluding carboxylic acids is 1. The molecule has 1 amide bonds. The lowest BCUT2D eigenvalue weighted by atomic mass is 10.2. The zero-order chi connectivity index (χ0) is 11.6. The van der Waals surface area contributed by atoms with Crippen LogP contribution < -0.4 is 15.6 Å². The first-order valence-electron chi connectivity index (χ1n) is 3.69. The number of carbonyl (C=O) groups is 1. The molecule has 0 unspecified atom stereocenters. The van der Waals surface area contributed by atoms with Crippen LogP contribution in [0, 0.1) is 0 Å². The number of hydrogen-bond donors (Lipinski definition) is 3. The Labute approximate surface area is 91.4 Å². The lowest BCUT2D eigenvalue weighted by Crippen LogP contribution is -2.22. The van der Waals surface area contributed by atoms with Crippen molar-refractivity contribution in [3.8, 4) is 0 Å². The van der Waals surface area contributed by atoms with E-state index in [0.29, 0.717) is 0 Å². The molecule has 6 nitrogen and oxygen atoms in total. The summed E-state index contributed by atoms with van der Waals surface area (Å²) in [5, 5.41) is 4.88. The first kappa shape index (κ1) is 11.8. The zero-order valence-electron chi connectivity index (χ0n) is 7.40. The summed E-state index contributed by atoms with van der Waals surface area (Å²) in [5.74, 6) is -0.752. The van der Waals surface area contributed by atoms with Crippen molar-refractivity contribution < 1.29 is 13.2 Å². The van der Waals surface area contributed by atoms with E-state index in [9.17, 15) is 13.2 Å². The molecule has 0 radical (unpaired) electrons. The van der Waals surface area contributed by atoms with E-state index in [4.69, 9.17) is 22.5 Å². The maximum Gasteiger partial charge on any atom is 0.296 e. The number of halogens is 1. The van der Waals surface area contributed by atoms with E-state index in [-0.39, 0.29) is 16.3 Å². The predicted molar refractivity (Wildman–Crippen MR) is 56.7 cm³/mol. The summed E-state index contributed by atoms with van der Waals surface area (Å²) < 4.78 is 23.4. The second-order valence-corrected chi connectivity index (χ2v) is 4.41. The molecule has 1 aromatic carbocycles. The lowest BCUT2D eigenvalue weighted by molar-refractivity contribution is 0.100. The van der Waals surface area contributed by atoms with E-state index in [1.165, 1.54) is 18.2 Å². The SMILES string of the molecule is NC(=O)c1cc(NS(N)(=O)=O)ccc1Cl. The number of benzene rings is 1. The van der Waals surface area contributed by atoms with Gasteiger partial charge in [0.15, 0.2) is 0 Å². The summed E-state index contributed by atoms with van der Waals surface area (Å²) in [4.78, 5) is 10.9. The van der Waals surface area contributed by atoms with Gasteiger partial charge in [0, 0.05) is 0 Å². The van der Waals surface area contributed by atoms with Crippen LogP contribution in [0.4, 0.5) is 5.69 Å². The van der Waals surface area contributed by atoms with Crippen molar-refractivity contribution in [3.05, 3.63) is 28.8 Å². The van der Waals surface area contributed by atoms with Crippen LogP contribution in [-0.4, -0.2) is 14.3 Å². The number of amides is 1. The first-order valence-corrected chi connectivity index (χ1v) is 5.62. The minimum absolute atomic E-state index is 0.0188. The quantitative estimate of drug-likeness (QED) is 0.703. The lowest BCUT2D eigenvalue weighted by Gasteiger charge is -2.05. The van der Waals surface area contributed by atoms with Gasteiger partial charge in [0.05, 0.1) is 16.3 Å². The zero-order valence-corrected chi connectivity index (χ0v) is 8.97. The van der Waals surface area contributed by atoms with Gasteiger partial charge in [-0.15, -0.1) is 0 Å². The molecule has 0 aliphatic carbocycles. The number of anilines is 1. The standard InChI is InChI=1S/C7H8ClN3O3S/c8-6-2-1-4(11-15(10,13)14)3-5(6)7(9)12/h1-3,11H,(H2,9,12)(H2,10,13,14). The van der Waals surface area contributed by atoms with Crippen molar-refractivity contribution in [2.75, 3.05) is 4.72 Å². The number of rotatable bonds is 3. The normalized spacial score (nSPS) is 11.1. The largest absolute Gasteiger partial charge is 0.366 e. The van der Waals surface area contributed by atoms with Crippen LogP contribution in [-0.2, 0) is 10.2 Å². The number of hydrogen-bond acceptors (Lipinski definition) is 3. The minimum atomic E-state index is -3.88. The predicted octanol–water partition coefficient (Wildman–Crippen LogP) is 0.0543. The van der Waals surface area contributed by atoms with E-state index in [0.717, 1.165) is 0 Å². The van der Waals surface area contributed by atoms with Crippen molar-refractivity contribution in [3.63, 3.8) is 0 Å². The Bertz CT molecular complexity index is 500. The highest BCUT2D eigenvalue weighted by Crippen LogP contribution is 2.20. The van der Waals surface area contributed by atoms with Gasteiger partial charge >= 0.3 is 0 Å². The average Bonchev–Trinajstić information content (AvgIpc) is 2.05. The van der Waals surface area contributed by atoms with Crippen molar-refractivity contribution >= 4 is 33.4 Å². The van der Waals surface area contributed by atoms with Gasteiger partial charge in [-0.05, 0) is 18.2 Å². The average molecular weight is 250 g/mol. The molecule has 0 atom stereocenters. The molecule has 0 bridgehead atoms. The molecule has 0 saturated carbocycles. The Kier molecular flexibility index (Phi) is 3.18. The fourth-order valence-electron chi connectivity index (χ4n) is 0.942. The smallest absolute Gasteiger partial charge is 0.296 e. The van der Waals surface area contributed by atoms with Crippen LogP contribution in [0.5, 0.6) is 0 Å². The monoisotopic (exact) mass is 249 g/mol. The number of nitrogens with one attached hydrogen (secondary N) is 1. The summed E-state index contributed by atoms with van der Waals surface area (Å²) in [6, 6.07) is 3.91. The summed E-state index contributed by atoms with van der Waals surface area (Å²) >= 11 is 5.65. The van der Waals surface area contributed by atoms with Gasteiger partial charge in [0.2, 0.25) is 5.91 Å². The van der Waals surface area contributed by atoms with Gasteiger partial charge < -0.3 is 5.73 Å². The van der Waals surface area contributed by atoms with Crippen LogP contribution >= 0.6 is 11.6 Å². The Morgan fingerprint density at radius 2 is 2.00 bits per heavy atom. The van der Waals surface area contributed by atoms with Crippen LogP contribution in [0.3, 0.4) is 0 Å². The molecule has 0 fully saturated rings. The van der Waals surface area contributed by atoms with Crippen LogP contribution in [0.2, 0.25) is 5.02 Å². The Morgan fingerprint density at radius 1 is 1.40 bits per heavy atom. The first-order chi connectivity index (χ1) is 6.79. The molecule has 15 heavy (non-hydrogen) atoms. The molecule has 8 heteroatoms. The summed E-state index contributed by atoms with van der Waals surface area (Å²) in [5.41, 5.74) is 5.16. The molecular weight excluding hydrogens is 242 g/mol. The highest BCUT2D eigenvalue weighted by molar-refractivity contribution is 7.90. The summed E-state index contributed by atoms with van der Waals surface area (Å²) in [7, 11) is -3.88. The third-order valence-electron chi connectivity index (χ3n) is 1.49. The number of nitrogens with two attached hydrogens (primary N) is 2. The van der Waals surface area contributed by atoms with E-state index in [1.54, 1.807) is 0 Å². The van der Waals surface area contributed by atoms with E-state index in [2.05, 4.69) is 0 Å². The molecule has 0 aliphatic rings. The van der Waals surface area contributed by atoms with Crippen molar-refractivity contribution in [2.45, 2.75) is 0 Å². The third-order valence-corrected chi connectivity index (χ3v) is 2.34. The van der Waals surface area contributed by atoms with Crippen LogP contribution in [0.1, 0.15) is 10.4 Å². The van der Waals surface area contributed by atoms with E-state index < -0.39 is 16.1 Å². The van der Waals surface area contributed by atoms with Gasteiger partial charge in [0.1, 0.15) is 0 Å². The van der Waals surface area contributed by atoms with Gasteiger partial charge in [-0.25, -0.2) is 5.14 Å².